The van der Waals surface area contributed by atoms with E-state index in [0.717, 1.165) is 10.8 Å². The third kappa shape index (κ3) is 4.12. The number of amides is 2. The van der Waals surface area contributed by atoms with Gasteiger partial charge in [-0.15, -0.1) is 0 Å². The number of aromatic carboxylic acids is 1. The fourth-order valence-corrected chi connectivity index (χ4v) is 2.90. The number of carbonyl (C=O) groups is 3. The zero-order valence-electron chi connectivity index (χ0n) is 14.4. The van der Waals surface area contributed by atoms with Gasteiger partial charge >= 0.3 is 5.97 Å². The van der Waals surface area contributed by atoms with Gasteiger partial charge in [0.15, 0.2) is 0 Å². The highest BCUT2D eigenvalue weighted by Crippen LogP contribution is 2.18. The molecule has 0 heterocycles. The fourth-order valence-electron chi connectivity index (χ4n) is 2.90. The topological polar surface area (TPSA) is 109 Å². The number of hydrogen-bond acceptors (Lipinski definition) is 3. The van der Waals surface area contributed by atoms with Crippen LogP contribution in [0.2, 0.25) is 0 Å². The summed E-state index contributed by atoms with van der Waals surface area (Å²) in [5.41, 5.74) is 6.76. The molecule has 6 nitrogen and oxygen atoms in total. The minimum Gasteiger partial charge on any atom is -0.478 e. The molecule has 0 saturated heterocycles. The average Bonchev–Trinajstić information content (AvgIpc) is 2.67. The first-order valence-electron chi connectivity index (χ1n) is 8.36. The summed E-state index contributed by atoms with van der Waals surface area (Å²) in [4.78, 5) is 35.5. The van der Waals surface area contributed by atoms with E-state index in [9.17, 15) is 14.4 Å². The highest BCUT2D eigenvalue weighted by atomic mass is 16.4. The molecule has 1 atom stereocenters. The van der Waals surface area contributed by atoms with Crippen molar-refractivity contribution >= 4 is 28.6 Å². The molecular formula is C21H18N2O4. The lowest BCUT2D eigenvalue weighted by Gasteiger charge is -2.16. The SMILES string of the molecule is NC(=O)[C@H](Cc1ccc(C(=O)O)cc1)NC(=O)c1cccc2ccccc12. The summed E-state index contributed by atoms with van der Waals surface area (Å²) in [6.07, 6.45) is 0.172. The number of hydrogen-bond donors (Lipinski definition) is 3. The van der Waals surface area contributed by atoms with Crippen molar-refractivity contribution in [2.45, 2.75) is 12.5 Å². The second-order valence-corrected chi connectivity index (χ2v) is 6.16. The maximum atomic E-state index is 12.7. The second kappa shape index (κ2) is 7.70. The predicted molar refractivity (Wildman–Crippen MR) is 102 cm³/mol. The van der Waals surface area contributed by atoms with Crippen LogP contribution < -0.4 is 11.1 Å². The molecule has 2 amide bonds. The molecule has 27 heavy (non-hydrogen) atoms. The highest BCUT2D eigenvalue weighted by molar-refractivity contribution is 6.08. The van der Waals surface area contributed by atoms with Crippen LogP contribution in [0.1, 0.15) is 26.3 Å². The molecule has 0 aliphatic heterocycles. The summed E-state index contributed by atoms with van der Waals surface area (Å²) in [5.74, 6) is -2.08. The molecule has 136 valence electrons. The van der Waals surface area contributed by atoms with Gasteiger partial charge in [-0.1, -0.05) is 48.5 Å². The van der Waals surface area contributed by atoms with Gasteiger partial charge in [0.2, 0.25) is 5.91 Å². The first-order valence-corrected chi connectivity index (χ1v) is 8.36. The van der Waals surface area contributed by atoms with Crippen LogP contribution in [-0.2, 0) is 11.2 Å². The number of carboxylic acids is 1. The lowest BCUT2D eigenvalue weighted by atomic mass is 10.0. The monoisotopic (exact) mass is 362 g/mol. The van der Waals surface area contributed by atoms with Gasteiger partial charge in [0.05, 0.1) is 5.56 Å². The van der Waals surface area contributed by atoms with Crippen LogP contribution >= 0.6 is 0 Å². The fraction of sp³-hybridized carbons (Fsp3) is 0.0952. The molecular weight excluding hydrogens is 344 g/mol. The van der Waals surface area contributed by atoms with Crippen molar-refractivity contribution < 1.29 is 19.5 Å². The van der Waals surface area contributed by atoms with Crippen LogP contribution in [0.3, 0.4) is 0 Å². The Balaban J connectivity index is 1.80. The van der Waals surface area contributed by atoms with Crippen LogP contribution in [-0.4, -0.2) is 28.9 Å². The molecule has 4 N–H and O–H groups in total. The van der Waals surface area contributed by atoms with Gasteiger partial charge in [-0.3, -0.25) is 9.59 Å². The highest BCUT2D eigenvalue weighted by Gasteiger charge is 2.20. The third-order valence-corrected chi connectivity index (χ3v) is 4.32. The van der Waals surface area contributed by atoms with Crippen molar-refractivity contribution in [3.8, 4) is 0 Å². The Kier molecular flexibility index (Phi) is 5.17. The zero-order valence-corrected chi connectivity index (χ0v) is 14.4. The first-order chi connectivity index (χ1) is 13.0. The summed E-state index contributed by atoms with van der Waals surface area (Å²) in [7, 11) is 0. The molecule has 0 fully saturated rings. The number of fused-ring (bicyclic) bond motifs is 1. The van der Waals surface area contributed by atoms with Gasteiger partial charge in [0, 0.05) is 12.0 Å². The number of carbonyl (C=O) groups excluding carboxylic acids is 2. The van der Waals surface area contributed by atoms with Crippen LogP contribution in [0.15, 0.2) is 66.7 Å². The Bertz CT molecular complexity index is 1010. The van der Waals surface area contributed by atoms with E-state index in [0.29, 0.717) is 11.1 Å². The van der Waals surface area contributed by atoms with Crippen molar-refractivity contribution in [3.05, 3.63) is 83.4 Å². The van der Waals surface area contributed by atoms with Gasteiger partial charge in [0.25, 0.3) is 5.91 Å². The van der Waals surface area contributed by atoms with Gasteiger partial charge in [0.1, 0.15) is 6.04 Å². The Morgan fingerprint density at radius 3 is 2.26 bits per heavy atom. The number of primary amides is 1. The summed E-state index contributed by atoms with van der Waals surface area (Å²) in [5, 5.41) is 13.3. The molecule has 0 spiro atoms. The maximum absolute atomic E-state index is 12.7. The van der Waals surface area contributed by atoms with E-state index in [2.05, 4.69) is 5.32 Å². The van der Waals surface area contributed by atoms with Crippen molar-refractivity contribution in [3.63, 3.8) is 0 Å². The van der Waals surface area contributed by atoms with E-state index in [-0.39, 0.29) is 12.0 Å². The van der Waals surface area contributed by atoms with Crippen molar-refractivity contribution in [1.29, 1.82) is 0 Å². The van der Waals surface area contributed by atoms with E-state index in [4.69, 9.17) is 10.8 Å². The van der Waals surface area contributed by atoms with E-state index in [1.54, 1.807) is 24.3 Å². The van der Waals surface area contributed by atoms with Crippen LogP contribution in [0, 0.1) is 0 Å². The van der Waals surface area contributed by atoms with Crippen molar-refractivity contribution in [1.82, 2.24) is 5.32 Å². The van der Waals surface area contributed by atoms with Crippen LogP contribution in [0.4, 0.5) is 0 Å². The Labute approximate surface area is 155 Å². The first kappa shape index (κ1) is 18.1. The molecule has 0 saturated carbocycles. The molecule has 0 radical (unpaired) electrons. The number of rotatable bonds is 6. The standard InChI is InChI=1S/C21H18N2O4/c22-19(24)18(12-13-8-10-15(11-9-13)21(26)27)23-20(25)17-7-3-5-14-4-1-2-6-16(14)17/h1-11,18H,12H2,(H2,22,24)(H,23,25)(H,26,27)/t18-/m0/s1. The quantitative estimate of drug-likeness (QED) is 0.625. The number of carboxylic acid groups (broad SMARTS) is 1. The zero-order chi connectivity index (χ0) is 19.4. The Morgan fingerprint density at radius 2 is 1.59 bits per heavy atom. The Morgan fingerprint density at radius 1 is 0.926 bits per heavy atom. The average molecular weight is 362 g/mol. The van der Waals surface area contributed by atoms with E-state index >= 15 is 0 Å². The normalized spacial score (nSPS) is 11.7. The predicted octanol–water partition coefficient (Wildman–Crippen LogP) is 2.36. The van der Waals surface area contributed by atoms with Crippen LogP contribution in [0.5, 0.6) is 0 Å². The van der Waals surface area contributed by atoms with Gasteiger partial charge in [-0.25, -0.2) is 4.79 Å². The van der Waals surface area contributed by atoms with Gasteiger partial charge in [-0.2, -0.15) is 0 Å². The molecule has 0 bridgehead atoms. The lowest BCUT2D eigenvalue weighted by Crippen LogP contribution is -2.45. The maximum Gasteiger partial charge on any atom is 0.335 e. The number of benzene rings is 3. The van der Waals surface area contributed by atoms with Crippen molar-refractivity contribution in [2.75, 3.05) is 0 Å². The summed E-state index contributed by atoms with van der Waals surface area (Å²) < 4.78 is 0. The summed E-state index contributed by atoms with van der Waals surface area (Å²) >= 11 is 0. The number of nitrogens with two attached hydrogens (primary N) is 1. The molecule has 3 aromatic carbocycles. The lowest BCUT2D eigenvalue weighted by molar-refractivity contribution is -0.119. The minimum absolute atomic E-state index is 0.147. The molecule has 0 aliphatic carbocycles. The van der Waals surface area contributed by atoms with Gasteiger partial charge < -0.3 is 16.2 Å². The molecule has 3 aromatic rings. The van der Waals surface area contributed by atoms with E-state index in [1.807, 2.05) is 30.3 Å². The van der Waals surface area contributed by atoms with Gasteiger partial charge in [-0.05, 0) is 34.5 Å². The Hall–Kier alpha value is -3.67. The summed E-state index contributed by atoms with van der Waals surface area (Å²) in [6, 6.07) is 18.0. The van der Waals surface area contributed by atoms with Crippen LogP contribution in [0.25, 0.3) is 10.8 Å². The molecule has 0 unspecified atom stereocenters. The molecule has 0 aliphatic rings. The third-order valence-electron chi connectivity index (χ3n) is 4.32. The molecule has 3 rings (SSSR count). The smallest absolute Gasteiger partial charge is 0.335 e. The largest absolute Gasteiger partial charge is 0.478 e. The molecule has 0 aromatic heterocycles. The molecule has 6 heteroatoms. The van der Waals surface area contributed by atoms with E-state index < -0.39 is 23.8 Å². The minimum atomic E-state index is -1.03. The second-order valence-electron chi connectivity index (χ2n) is 6.16. The van der Waals surface area contributed by atoms with Crippen molar-refractivity contribution in [2.24, 2.45) is 5.73 Å². The number of nitrogens with one attached hydrogen (secondary N) is 1. The van der Waals surface area contributed by atoms with E-state index in [1.165, 1.54) is 12.1 Å². The summed E-state index contributed by atoms with van der Waals surface area (Å²) in [6.45, 7) is 0.